The summed E-state index contributed by atoms with van der Waals surface area (Å²) in [6.45, 7) is 6.35. The average Bonchev–Trinajstić information content (AvgIpc) is 2.98. The molecule has 24 heavy (non-hydrogen) atoms. The van der Waals surface area contributed by atoms with Crippen molar-refractivity contribution >= 4 is 42.1 Å². The smallest absolute Gasteiger partial charge is 0.265 e. The number of halogens is 2. The highest BCUT2D eigenvalue weighted by atomic mass is 35.5. The SMILES string of the molecule is Cc1nc(CC(C)C)sc1C(=O)N(C)C1CC2CCC(C1)N2.Cl.Cl. The van der Waals surface area contributed by atoms with Crippen LogP contribution < -0.4 is 5.32 Å². The lowest BCUT2D eigenvalue weighted by molar-refractivity contribution is 0.0685. The van der Waals surface area contributed by atoms with E-state index in [4.69, 9.17) is 0 Å². The molecule has 0 radical (unpaired) electrons. The second-order valence-electron chi connectivity index (χ2n) is 7.30. The largest absolute Gasteiger partial charge is 0.338 e. The van der Waals surface area contributed by atoms with Crippen LogP contribution in [0.1, 0.15) is 59.9 Å². The van der Waals surface area contributed by atoms with Crippen molar-refractivity contribution < 1.29 is 4.79 Å². The third-order valence-electron chi connectivity index (χ3n) is 4.93. The number of amides is 1. The van der Waals surface area contributed by atoms with Gasteiger partial charge in [-0.25, -0.2) is 4.98 Å². The van der Waals surface area contributed by atoms with E-state index >= 15 is 0 Å². The molecule has 1 aromatic heterocycles. The molecule has 1 aromatic rings. The highest BCUT2D eigenvalue weighted by molar-refractivity contribution is 7.13. The van der Waals surface area contributed by atoms with Crippen LogP contribution in [0.4, 0.5) is 0 Å². The third kappa shape index (κ3) is 4.63. The standard InChI is InChI=1S/C17H27N3OS.2ClH/c1-10(2)7-15-18-11(3)16(22-15)17(21)20(4)14-8-12-5-6-13(9-14)19-12;;/h10,12-14,19H,5-9H2,1-4H3;2*1H. The van der Waals surface area contributed by atoms with Crippen LogP contribution in [0.15, 0.2) is 0 Å². The Bertz CT molecular complexity index is 552. The Morgan fingerprint density at radius 1 is 1.29 bits per heavy atom. The fourth-order valence-corrected chi connectivity index (χ4v) is 5.02. The Morgan fingerprint density at radius 2 is 1.88 bits per heavy atom. The van der Waals surface area contributed by atoms with Crippen LogP contribution in [0.5, 0.6) is 0 Å². The van der Waals surface area contributed by atoms with Gasteiger partial charge in [-0.1, -0.05) is 13.8 Å². The first-order valence-corrected chi connectivity index (χ1v) is 9.25. The predicted octanol–water partition coefficient (Wildman–Crippen LogP) is 3.85. The first-order valence-electron chi connectivity index (χ1n) is 8.43. The molecule has 2 aliphatic heterocycles. The Balaban J connectivity index is 0.00000144. The van der Waals surface area contributed by atoms with E-state index in [0.29, 0.717) is 24.0 Å². The van der Waals surface area contributed by atoms with E-state index in [0.717, 1.165) is 34.8 Å². The molecule has 138 valence electrons. The number of hydrogen-bond acceptors (Lipinski definition) is 4. The maximum atomic E-state index is 12.9. The molecule has 2 bridgehead atoms. The summed E-state index contributed by atoms with van der Waals surface area (Å²) in [6, 6.07) is 1.59. The molecule has 2 saturated heterocycles. The summed E-state index contributed by atoms with van der Waals surface area (Å²) in [5.41, 5.74) is 0.898. The van der Waals surface area contributed by atoms with E-state index in [-0.39, 0.29) is 30.7 Å². The number of hydrogen-bond donors (Lipinski definition) is 1. The highest BCUT2D eigenvalue weighted by Crippen LogP contribution is 2.31. The van der Waals surface area contributed by atoms with Crippen molar-refractivity contribution in [2.24, 2.45) is 5.92 Å². The molecule has 1 N–H and O–H groups in total. The molecule has 7 heteroatoms. The van der Waals surface area contributed by atoms with E-state index in [1.165, 1.54) is 12.8 Å². The van der Waals surface area contributed by atoms with E-state index in [2.05, 4.69) is 24.1 Å². The number of rotatable bonds is 4. The minimum atomic E-state index is 0. The molecule has 0 aliphatic carbocycles. The van der Waals surface area contributed by atoms with Crippen LogP contribution in [-0.4, -0.2) is 41.0 Å². The fraction of sp³-hybridized carbons (Fsp3) is 0.765. The summed E-state index contributed by atoms with van der Waals surface area (Å²) < 4.78 is 0. The van der Waals surface area contributed by atoms with Crippen molar-refractivity contribution in [1.82, 2.24) is 15.2 Å². The van der Waals surface area contributed by atoms with Gasteiger partial charge < -0.3 is 10.2 Å². The first-order chi connectivity index (χ1) is 10.4. The fourth-order valence-electron chi connectivity index (χ4n) is 3.76. The van der Waals surface area contributed by atoms with E-state index < -0.39 is 0 Å². The quantitative estimate of drug-likeness (QED) is 0.844. The molecule has 2 fully saturated rings. The molecule has 4 nitrogen and oxygen atoms in total. The van der Waals surface area contributed by atoms with Crippen molar-refractivity contribution in [1.29, 1.82) is 0 Å². The third-order valence-corrected chi connectivity index (χ3v) is 6.10. The van der Waals surface area contributed by atoms with Gasteiger partial charge in [0.15, 0.2) is 0 Å². The van der Waals surface area contributed by atoms with Crippen LogP contribution in [0, 0.1) is 12.8 Å². The molecule has 2 aliphatic rings. The van der Waals surface area contributed by atoms with Crippen molar-refractivity contribution in [3.05, 3.63) is 15.6 Å². The Morgan fingerprint density at radius 3 is 2.42 bits per heavy atom. The average molecular weight is 394 g/mol. The number of nitrogens with one attached hydrogen (secondary N) is 1. The molecule has 0 spiro atoms. The lowest BCUT2D eigenvalue weighted by Gasteiger charge is -2.35. The molecular formula is C17H29Cl2N3OS. The van der Waals surface area contributed by atoms with Crippen molar-refractivity contribution in [2.75, 3.05) is 7.05 Å². The van der Waals surface area contributed by atoms with Gasteiger partial charge in [0.25, 0.3) is 5.91 Å². The predicted molar refractivity (Wildman–Crippen MR) is 105 cm³/mol. The van der Waals surface area contributed by atoms with Crippen LogP contribution >= 0.6 is 36.2 Å². The summed E-state index contributed by atoms with van der Waals surface area (Å²) in [7, 11) is 1.97. The second kappa shape index (κ2) is 8.84. The van der Waals surface area contributed by atoms with Crippen LogP contribution in [0.3, 0.4) is 0 Å². The van der Waals surface area contributed by atoms with Gasteiger partial charge >= 0.3 is 0 Å². The molecule has 3 rings (SSSR count). The van der Waals surface area contributed by atoms with Gasteiger partial charge in [-0.2, -0.15) is 0 Å². The number of aryl methyl sites for hydroxylation is 1. The summed E-state index contributed by atoms with van der Waals surface area (Å²) in [5, 5.41) is 4.74. The van der Waals surface area contributed by atoms with Gasteiger partial charge in [-0.05, 0) is 38.5 Å². The van der Waals surface area contributed by atoms with E-state index in [1.807, 2.05) is 18.9 Å². The topological polar surface area (TPSA) is 45.2 Å². The number of nitrogens with zero attached hydrogens (tertiary/aromatic N) is 2. The van der Waals surface area contributed by atoms with Crippen LogP contribution in [-0.2, 0) is 6.42 Å². The molecule has 3 heterocycles. The Labute approximate surface area is 161 Å². The Hall–Kier alpha value is -0.360. The van der Waals surface area contributed by atoms with Gasteiger partial charge in [-0.3, -0.25) is 4.79 Å². The van der Waals surface area contributed by atoms with Gasteiger partial charge in [-0.15, -0.1) is 36.2 Å². The van der Waals surface area contributed by atoms with Gasteiger partial charge in [0, 0.05) is 31.6 Å². The second-order valence-corrected chi connectivity index (χ2v) is 8.38. The van der Waals surface area contributed by atoms with Crippen molar-refractivity contribution in [3.8, 4) is 0 Å². The Kier molecular flexibility index (Phi) is 7.98. The number of carbonyl (C=O) groups excluding carboxylic acids is 1. The summed E-state index contributed by atoms with van der Waals surface area (Å²) >= 11 is 1.59. The molecule has 0 aromatic carbocycles. The van der Waals surface area contributed by atoms with E-state index in [9.17, 15) is 4.79 Å². The highest BCUT2D eigenvalue weighted by Gasteiger charge is 2.37. The summed E-state index contributed by atoms with van der Waals surface area (Å²) in [6.07, 6.45) is 5.67. The van der Waals surface area contributed by atoms with E-state index in [1.54, 1.807) is 11.3 Å². The number of piperidine rings is 1. The maximum absolute atomic E-state index is 12.9. The monoisotopic (exact) mass is 393 g/mol. The zero-order valence-electron chi connectivity index (χ0n) is 14.9. The number of thiazole rings is 1. The van der Waals surface area contributed by atoms with Crippen LogP contribution in [0.25, 0.3) is 0 Å². The number of carbonyl (C=O) groups is 1. The zero-order chi connectivity index (χ0) is 15.9. The van der Waals surface area contributed by atoms with Gasteiger partial charge in [0.05, 0.1) is 10.7 Å². The molecular weight excluding hydrogens is 365 g/mol. The lowest BCUT2D eigenvalue weighted by Crippen LogP contribution is -2.48. The minimum Gasteiger partial charge on any atom is -0.338 e. The van der Waals surface area contributed by atoms with Crippen LogP contribution in [0.2, 0.25) is 0 Å². The van der Waals surface area contributed by atoms with Crippen molar-refractivity contribution in [3.63, 3.8) is 0 Å². The molecule has 2 unspecified atom stereocenters. The zero-order valence-corrected chi connectivity index (χ0v) is 17.3. The summed E-state index contributed by atoms with van der Waals surface area (Å²) in [5.74, 6) is 0.739. The minimum absolute atomic E-state index is 0. The lowest BCUT2D eigenvalue weighted by atomic mass is 9.98. The maximum Gasteiger partial charge on any atom is 0.265 e. The molecule has 0 saturated carbocycles. The van der Waals surface area contributed by atoms with Gasteiger partial charge in [0.2, 0.25) is 0 Å². The number of aromatic nitrogens is 1. The molecule has 1 amide bonds. The summed E-state index contributed by atoms with van der Waals surface area (Å²) in [4.78, 5) is 20.3. The first kappa shape index (κ1) is 21.7. The molecule has 2 atom stereocenters. The van der Waals surface area contributed by atoms with Crippen molar-refractivity contribution in [2.45, 2.75) is 71.0 Å². The normalized spacial score (nSPS) is 25.1. The number of fused-ring (bicyclic) bond motifs is 2. The van der Waals surface area contributed by atoms with Gasteiger partial charge in [0.1, 0.15) is 4.88 Å².